The number of carbonyl (C=O) groups is 1. The van der Waals surface area contributed by atoms with Crippen LogP contribution in [0, 0.1) is 5.92 Å². The van der Waals surface area contributed by atoms with Crippen molar-refractivity contribution < 1.29 is 32.6 Å². The molecule has 0 amide bonds. The molecule has 2 aliphatic rings. The second-order valence-corrected chi connectivity index (χ2v) is 7.75. The van der Waals surface area contributed by atoms with Gasteiger partial charge >= 0.3 is 13.6 Å². The summed E-state index contributed by atoms with van der Waals surface area (Å²) in [6.45, 7) is 4.26. The Bertz CT molecular complexity index is 650. The lowest BCUT2D eigenvalue weighted by atomic mass is 9.98. The van der Waals surface area contributed by atoms with Gasteiger partial charge in [-0.2, -0.15) is 0 Å². The van der Waals surface area contributed by atoms with Gasteiger partial charge in [-0.1, -0.05) is 6.07 Å². The van der Waals surface area contributed by atoms with Crippen LogP contribution in [0.4, 0.5) is 0 Å². The second kappa shape index (κ2) is 7.13. The lowest BCUT2D eigenvalue weighted by Crippen LogP contribution is -2.26. The summed E-state index contributed by atoms with van der Waals surface area (Å²) in [5.41, 5.74) is 0.0509. The predicted molar refractivity (Wildman–Crippen MR) is 85.4 cm³/mol. The maximum atomic E-state index is 13.0. The molecule has 0 aromatic heterocycles. The van der Waals surface area contributed by atoms with E-state index < -0.39 is 19.2 Å². The number of esters is 1. The summed E-state index contributed by atoms with van der Waals surface area (Å²) in [7, 11) is -3.56. The van der Waals surface area contributed by atoms with Crippen LogP contribution in [0.2, 0.25) is 0 Å². The van der Waals surface area contributed by atoms with Gasteiger partial charge in [-0.25, -0.2) is 0 Å². The Balaban J connectivity index is 1.81. The molecule has 1 aromatic rings. The molecular formula is C16H21O7P. The largest absolute Gasteiger partial charge is 0.465 e. The molecule has 1 aromatic carbocycles. The molecule has 0 aliphatic carbocycles. The lowest BCUT2D eigenvalue weighted by Gasteiger charge is -2.24. The van der Waals surface area contributed by atoms with E-state index in [4.69, 9.17) is 23.3 Å². The van der Waals surface area contributed by atoms with Crippen molar-refractivity contribution in [1.29, 1.82) is 0 Å². The number of hydrogen-bond donors (Lipinski definition) is 0. The molecule has 0 N–H and O–H groups in total. The Morgan fingerprint density at radius 1 is 1.12 bits per heavy atom. The summed E-state index contributed by atoms with van der Waals surface area (Å²) in [6.07, 6.45) is 0.511. The number of cyclic esters (lactones) is 1. The van der Waals surface area contributed by atoms with E-state index in [1.165, 1.54) is 0 Å². The molecule has 0 unspecified atom stereocenters. The number of benzene rings is 1. The lowest BCUT2D eigenvalue weighted by molar-refractivity contribution is -0.138. The molecule has 7 nitrogen and oxygen atoms in total. The first kappa shape index (κ1) is 17.3. The van der Waals surface area contributed by atoms with Gasteiger partial charge in [0.1, 0.15) is 0 Å². The van der Waals surface area contributed by atoms with Crippen molar-refractivity contribution in [1.82, 2.24) is 0 Å². The fourth-order valence-electron chi connectivity index (χ4n) is 3.04. The summed E-state index contributed by atoms with van der Waals surface area (Å²) in [5.74, 6) is 0.572. The van der Waals surface area contributed by atoms with Crippen LogP contribution in [0.25, 0.3) is 0 Å². The zero-order chi connectivity index (χ0) is 17.2. The van der Waals surface area contributed by atoms with Gasteiger partial charge < -0.3 is 23.3 Å². The van der Waals surface area contributed by atoms with Crippen molar-refractivity contribution in [3.8, 4) is 11.5 Å². The van der Waals surface area contributed by atoms with Crippen LogP contribution in [0.3, 0.4) is 0 Å². The minimum absolute atomic E-state index is 0.197. The molecule has 1 fully saturated rings. The number of rotatable bonds is 7. The van der Waals surface area contributed by atoms with Crippen LogP contribution in [-0.2, 0) is 29.6 Å². The Labute approximate surface area is 140 Å². The highest BCUT2D eigenvalue weighted by molar-refractivity contribution is 7.55. The van der Waals surface area contributed by atoms with Gasteiger partial charge in [-0.15, -0.1) is 0 Å². The van der Waals surface area contributed by atoms with E-state index in [1.54, 1.807) is 13.8 Å². The highest BCUT2D eigenvalue weighted by Crippen LogP contribution is 2.58. The molecule has 0 bridgehead atoms. The molecule has 0 saturated carbocycles. The molecule has 8 heteroatoms. The molecule has 3 rings (SSSR count). The SMILES string of the molecule is CCOP(=O)(OCC)[C@H]1C(=O)OC[C@@H]1Cc1ccc2c(c1)OCO2. The number of ether oxygens (including phenoxy) is 3. The minimum atomic E-state index is -3.56. The first-order valence-electron chi connectivity index (χ1n) is 8.01. The van der Waals surface area contributed by atoms with Crippen LogP contribution < -0.4 is 9.47 Å². The van der Waals surface area contributed by atoms with E-state index in [9.17, 15) is 9.36 Å². The predicted octanol–water partition coefficient (Wildman–Crippen LogP) is 2.77. The smallest absolute Gasteiger partial charge is 0.345 e. The fourth-order valence-corrected chi connectivity index (χ4v) is 5.20. The Kier molecular flexibility index (Phi) is 5.13. The third-order valence-corrected chi connectivity index (χ3v) is 6.57. The van der Waals surface area contributed by atoms with E-state index in [2.05, 4.69) is 0 Å². The summed E-state index contributed by atoms with van der Waals surface area (Å²) in [5, 5.41) is 0. The molecule has 2 aliphatic heterocycles. The van der Waals surface area contributed by atoms with E-state index >= 15 is 0 Å². The monoisotopic (exact) mass is 356 g/mol. The van der Waals surface area contributed by atoms with E-state index in [1.807, 2.05) is 18.2 Å². The number of carbonyl (C=O) groups excluding carboxylic acids is 1. The fraction of sp³-hybridized carbons (Fsp3) is 0.562. The second-order valence-electron chi connectivity index (χ2n) is 5.60. The summed E-state index contributed by atoms with van der Waals surface area (Å²) < 4.78 is 39.6. The molecule has 0 radical (unpaired) electrons. The van der Waals surface area contributed by atoms with Gasteiger partial charge in [0.2, 0.25) is 6.79 Å². The van der Waals surface area contributed by atoms with Gasteiger partial charge in [0.25, 0.3) is 0 Å². The van der Waals surface area contributed by atoms with Gasteiger partial charge in [0.05, 0.1) is 19.8 Å². The highest BCUT2D eigenvalue weighted by atomic mass is 31.2. The molecule has 1 saturated heterocycles. The Morgan fingerprint density at radius 2 is 1.83 bits per heavy atom. The normalized spacial score (nSPS) is 22.7. The average Bonchev–Trinajstić information content (AvgIpc) is 3.14. The first-order valence-corrected chi connectivity index (χ1v) is 9.62. The summed E-state index contributed by atoms with van der Waals surface area (Å²) in [4.78, 5) is 12.2. The van der Waals surface area contributed by atoms with Gasteiger partial charge in [-0.3, -0.25) is 9.36 Å². The van der Waals surface area contributed by atoms with Crippen molar-refractivity contribution in [2.24, 2.45) is 5.92 Å². The van der Waals surface area contributed by atoms with Gasteiger partial charge in [0.15, 0.2) is 17.2 Å². The third kappa shape index (κ3) is 3.29. The van der Waals surface area contributed by atoms with Crippen molar-refractivity contribution in [2.45, 2.75) is 25.9 Å². The summed E-state index contributed by atoms with van der Waals surface area (Å²) >= 11 is 0. The van der Waals surface area contributed by atoms with Crippen molar-refractivity contribution in [3.05, 3.63) is 23.8 Å². The van der Waals surface area contributed by atoms with Crippen LogP contribution >= 0.6 is 7.60 Å². The number of fused-ring (bicyclic) bond motifs is 1. The van der Waals surface area contributed by atoms with Crippen molar-refractivity contribution in [3.63, 3.8) is 0 Å². The summed E-state index contributed by atoms with van der Waals surface area (Å²) in [6, 6.07) is 5.60. The molecule has 0 spiro atoms. The minimum Gasteiger partial charge on any atom is -0.465 e. The zero-order valence-electron chi connectivity index (χ0n) is 13.7. The van der Waals surface area contributed by atoms with Crippen LogP contribution in [0.15, 0.2) is 18.2 Å². The van der Waals surface area contributed by atoms with Crippen LogP contribution in [-0.4, -0.2) is 38.2 Å². The average molecular weight is 356 g/mol. The molecule has 24 heavy (non-hydrogen) atoms. The standard InChI is InChI=1S/C16H21O7P/c1-3-22-24(18,23-4-2)15-12(9-19-16(15)17)7-11-5-6-13-14(8-11)21-10-20-13/h5-6,8,12,15H,3-4,7,9-10H2,1-2H3/t12-,15+/m0/s1. The molecule has 2 heterocycles. The molecule has 132 valence electrons. The van der Waals surface area contributed by atoms with Crippen LogP contribution in [0.5, 0.6) is 11.5 Å². The Morgan fingerprint density at radius 3 is 2.54 bits per heavy atom. The number of hydrogen-bond acceptors (Lipinski definition) is 7. The Hall–Kier alpha value is -1.56. The first-order chi connectivity index (χ1) is 11.6. The maximum Gasteiger partial charge on any atom is 0.345 e. The third-order valence-electron chi connectivity index (χ3n) is 4.02. The highest BCUT2D eigenvalue weighted by Gasteiger charge is 2.51. The van der Waals surface area contributed by atoms with Crippen molar-refractivity contribution >= 4 is 13.6 Å². The van der Waals surface area contributed by atoms with Gasteiger partial charge in [0, 0.05) is 5.92 Å². The topological polar surface area (TPSA) is 80.3 Å². The zero-order valence-corrected chi connectivity index (χ0v) is 14.6. The quantitative estimate of drug-likeness (QED) is 0.549. The van der Waals surface area contributed by atoms with Gasteiger partial charge in [-0.05, 0) is 38.0 Å². The molecule has 2 atom stereocenters. The maximum absolute atomic E-state index is 13.0. The van der Waals surface area contributed by atoms with Crippen LogP contribution in [0.1, 0.15) is 19.4 Å². The van der Waals surface area contributed by atoms with Crippen molar-refractivity contribution in [2.75, 3.05) is 26.6 Å². The van der Waals surface area contributed by atoms with E-state index in [-0.39, 0.29) is 32.5 Å². The van der Waals surface area contributed by atoms with E-state index in [0.29, 0.717) is 17.9 Å². The molecular weight excluding hydrogens is 335 g/mol. The van der Waals surface area contributed by atoms with E-state index in [0.717, 1.165) is 5.56 Å².